The van der Waals surface area contributed by atoms with Gasteiger partial charge in [-0.25, -0.2) is 4.98 Å². The van der Waals surface area contributed by atoms with Gasteiger partial charge in [0.05, 0.1) is 22.4 Å². The number of rotatable bonds is 3. The maximum absolute atomic E-state index is 4.79. The number of imidazole rings is 1. The fourth-order valence-corrected chi connectivity index (χ4v) is 3.31. The van der Waals surface area contributed by atoms with E-state index in [1.807, 2.05) is 65.6 Å². The van der Waals surface area contributed by atoms with Crippen LogP contribution in [0.4, 0.5) is 0 Å². The molecule has 5 aromatic rings. The van der Waals surface area contributed by atoms with E-state index in [2.05, 4.69) is 40.1 Å². The number of hydrogen-bond acceptors (Lipinski definition) is 2. The van der Waals surface area contributed by atoms with Crippen molar-refractivity contribution in [3.8, 4) is 5.69 Å². The number of hydrogen-bond donors (Lipinski definition) is 0. The highest BCUT2D eigenvalue weighted by atomic mass is 15.1. The van der Waals surface area contributed by atoms with Crippen LogP contribution in [0.25, 0.3) is 27.5 Å². The van der Waals surface area contributed by atoms with Gasteiger partial charge in [0, 0.05) is 29.4 Å². The summed E-state index contributed by atoms with van der Waals surface area (Å²) in [6, 6.07) is 22.4. The molecular formula is C22H16N4. The Morgan fingerprint density at radius 3 is 2.23 bits per heavy atom. The van der Waals surface area contributed by atoms with E-state index in [4.69, 9.17) is 4.98 Å². The summed E-state index contributed by atoms with van der Waals surface area (Å²) in [7, 11) is 0. The van der Waals surface area contributed by atoms with Crippen molar-refractivity contribution in [1.82, 2.24) is 14.5 Å². The van der Waals surface area contributed by atoms with Crippen LogP contribution in [-0.2, 0) is 6.54 Å². The van der Waals surface area contributed by atoms with Crippen LogP contribution in [0.15, 0.2) is 85.3 Å². The van der Waals surface area contributed by atoms with Crippen LogP contribution in [0, 0.1) is 6.33 Å². The fourth-order valence-electron chi connectivity index (χ4n) is 3.31. The Kier molecular flexibility index (Phi) is 3.46. The zero-order valence-electron chi connectivity index (χ0n) is 14.1. The lowest BCUT2D eigenvalue weighted by Crippen LogP contribution is -2.32. The van der Waals surface area contributed by atoms with Gasteiger partial charge in [-0.2, -0.15) is 0 Å². The third-order valence-corrected chi connectivity index (χ3v) is 4.49. The third kappa shape index (κ3) is 2.52. The van der Waals surface area contributed by atoms with E-state index in [1.54, 1.807) is 0 Å². The Labute approximate surface area is 151 Å². The minimum Gasteiger partial charge on any atom is -0.325 e. The highest BCUT2D eigenvalue weighted by Gasteiger charge is 2.10. The normalized spacial score (nSPS) is 11.2. The molecule has 0 N–H and O–H groups in total. The first-order chi connectivity index (χ1) is 12.9. The summed E-state index contributed by atoms with van der Waals surface area (Å²) in [6.45, 7) is 0.689. The molecule has 0 aliphatic rings. The summed E-state index contributed by atoms with van der Waals surface area (Å²) in [4.78, 5) is 9.19. The van der Waals surface area contributed by atoms with E-state index >= 15 is 0 Å². The predicted octanol–water partition coefficient (Wildman–Crippen LogP) is 3.71. The zero-order valence-corrected chi connectivity index (χ0v) is 14.1. The van der Waals surface area contributed by atoms with Crippen molar-refractivity contribution in [2.75, 3.05) is 0 Å². The smallest absolute Gasteiger partial charge is 0.243 e. The number of fused-ring (bicyclic) bond motifs is 2. The van der Waals surface area contributed by atoms with Gasteiger partial charge in [-0.15, -0.1) is 0 Å². The minimum absolute atomic E-state index is 0.689. The molecule has 26 heavy (non-hydrogen) atoms. The van der Waals surface area contributed by atoms with Crippen LogP contribution in [0.5, 0.6) is 0 Å². The second-order valence-corrected chi connectivity index (χ2v) is 6.21. The van der Waals surface area contributed by atoms with Gasteiger partial charge in [-0.05, 0) is 24.3 Å². The summed E-state index contributed by atoms with van der Waals surface area (Å²) >= 11 is 0. The summed E-state index contributed by atoms with van der Waals surface area (Å²) in [5, 5.41) is 2.23. The molecular weight excluding hydrogens is 320 g/mol. The largest absolute Gasteiger partial charge is 0.325 e. The van der Waals surface area contributed by atoms with Crippen molar-refractivity contribution in [3.05, 3.63) is 97.3 Å². The molecule has 3 heterocycles. The Balaban J connectivity index is 1.68. The van der Waals surface area contributed by atoms with Crippen LogP contribution in [-0.4, -0.2) is 14.5 Å². The van der Waals surface area contributed by atoms with Crippen LogP contribution >= 0.6 is 0 Å². The number of pyridine rings is 2. The van der Waals surface area contributed by atoms with Crippen molar-refractivity contribution in [2.24, 2.45) is 0 Å². The van der Waals surface area contributed by atoms with Crippen molar-refractivity contribution >= 4 is 21.8 Å². The van der Waals surface area contributed by atoms with E-state index in [1.165, 1.54) is 0 Å². The van der Waals surface area contributed by atoms with Gasteiger partial charge < -0.3 is 9.13 Å². The first-order valence-corrected chi connectivity index (χ1v) is 8.56. The molecule has 0 aliphatic heterocycles. The van der Waals surface area contributed by atoms with Crippen molar-refractivity contribution in [1.29, 1.82) is 0 Å². The van der Waals surface area contributed by atoms with Crippen molar-refractivity contribution in [3.63, 3.8) is 0 Å². The average molecular weight is 336 g/mol. The molecule has 0 saturated carbocycles. The molecule has 0 amide bonds. The van der Waals surface area contributed by atoms with Gasteiger partial charge in [0.25, 0.3) is 0 Å². The second-order valence-electron chi connectivity index (χ2n) is 6.21. The van der Waals surface area contributed by atoms with Gasteiger partial charge in [0.2, 0.25) is 6.33 Å². The molecule has 0 radical (unpaired) electrons. The Morgan fingerprint density at radius 1 is 0.846 bits per heavy atom. The molecule has 4 nitrogen and oxygen atoms in total. The molecule has 0 fully saturated rings. The molecule has 4 heteroatoms. The van der Waals surface area contributed by atoms with Crippen molar-refractivity contribution < 1.29 is 4.57 Å². The van der Waals surface area contributed by atoms with Crippen molar-refractivity contribution in [2.45, 2.75) is 6.54 Å². The van der Waals surface area contributed by atoms with E-state index in [0.29, 0.717) is 6.54 Å². The molecule has 0 aliphatic carbocycles. The monoisotopic (exact) mass is 336 g/mol. The fraction of sp³-hybridized carbons (Fsp3) is 0.0455. The van der Waals surface area contributed by atoms with Gasteiger partial charge in [-0.1, -0.05) is 42.5 Å². The molecule has 2 aromatic carbocycles. The molecule has 0 saturated heterocycles. The number of para-hydroxylation sites is 2. The number of nitrogens with zero attached hydrogens (tertiary/aromatic N) is 4. The van der Waals surface area contributed by atoms with E-state index in [9.17, 15) is 0 Å². The Hall–Kier alpha value is -3.53. The van der Waals surface area contributed by atoms with Gasteiger partial charge in [0.15, 0.2) is 0 Å². The molecule has 0 bridgehead atoms. The number of benzene rings is 2. The van der Waals surface area contributed by atoms with Gasteiger partial charge >= 0.3 is 0 Å². The summed E-state index contributed by atoms with van der Waals surface area (Å²) in [5.41, 5.74) is 4.08. The van der Waals surface area contributed by atoms with E-state index in [0.717, 1.165) is 33.2 Å². The maximum atomic E-state index is 4.79. The molecule has 0 unspecified atom stereocenters. The third-order valence-electron chi connectivity index (χ3n) is 4.49. The molecule has 5 rings (SSSR count). The average Bonchev–Trinajstić information content (AvgIpc) is 3.14. The lowest BCUT2D eigenvalue weighted by molar-refractivity contribution is -0.692. The van der Waals surface area contributed by atoms with Crippen LogP contribution in [0.1, 0.15) is 5.69 Å². The Morgan fingerprint density at radius 2 is 1.54 bits per heavy atom. The molecule has 124 valence electrons. The lowest BCUT2D eigenvalue weighted by Gasteiger charge is -2.12. The Bertz CT molecular complexity index is 1150. The minimum atomic E-state index is 0.689. The standard InChI is InChI=1S/C22H16N4/c1-3-10-20-18(8-1)22(19-9-2-4-11-21(19)24-20)26-14-13-25(16-26)15-17-7-5-6-12-23-17/h1-14H,15H2. The summed E-state index contributed by atoms with van der Waals surface area (Å²) in [6.07, 6.45) is 9.31. The quantitative estimate of drug-likeness (QED) is 0.286. The highest BCUT2D eigenvalue weighted by molar-refractivity contribution is 6.02. The maximum Gasteiger partial charge on any atom is 0.243 e. The SMILES string of the molecule is [c-]1n(-c2c3ccccc3nc3ccccc23)cc[n+]1Cc1ccccn1. The highest BCUT2D eigenvalue weighted by Crippen LogP contribution is 2.28. The number of aromatic nitrogens is 4. The topological polar surface area (TPSA) is 34.6 Å². The first kappa shape index (κ1) is 14.8. The van der Waals surface area contributed by atoms with E-state index in [-0.39, 0.29) is 0 Å². The second kappa shape index (κ2) is 6.08. The first-order valence-electron chi connectivity index (χ1n) is 8.56. The zero-order chi connectivity index (χ0) is 17.3. The molecule has 0 spiro atoms. The van der Waals surface area contributed by atoms with E-state index < -0.39 is 0 Å². The van der Waals surface area contributed by atoms with Crippen LogP contribution in [0.3, 0.4) is 0 Å². The van der Waals surface area contributed by atoms with Gasteiger partial charge in [-0.3, -0.25) is 4.98 Å². The molecule has 3 aromatic heterocycles. The predicted molar refractivity (Wildman–Crippen MR) is 101 cm³/mol. The van der Waals surface area contributed by atoms with Crippen LogP contribution in [0.2, 0.25) is 0 Å². The summed E-state index contributed by atoms with van der Waals surface area (Å²) in [5.74, 6) is 0. The molecule has 0 atom stereocenters. The van der Waals surface area contributed by atoms with Gasteiger partial charge in [0.1, 0.15) is 6.54 Å². The van der Waals surface area contributed by atoms with Crippen LogP contribution < -0.4 is 4.57 Å². The summed E-state index contributed by atoms with van der Waals surface area (Å²) < 4.78 is 4.07. The lowest BCUT2D eigenvalue weighted by atomic mass is 10.1.